The summed E-state index contributed by atoms with van der Waals surface area (Å²) >= 11 is 12.0. The van der Waals surface area contributed by atoms with Crippen LogP contribution in [0.1, 0.15) is 5.56 Å². The quantitative estimate of drug-likeness (QED) is 0.700. The number of hydrogen-bond donors (Lipinski definition) is 1. The van der Waals surface area contributed by atoms with Gasteiger partial charge in [-0.05, 0) is 41.8 Å². The van der Waals surface area contributed by atoms with Crippen molar-refractivity contribution in [3.8, 4) is 0 Å². The molecule has 1 aliphatic heterocycles. The summed E-state index contributed by atoms with van der Waals surface area (Å²) in [6, 6.07) is 5.87. The molecule has 5 nitrogen and oxygen atoms in total. The lowest BCUT2D eigenvalue weighted by Crippen LogP contribution is -2.15. The highest BCUT2D eigenvalue weighted by Gasteiger charge is 2.24. The van der Waals surface area contributed by atoms with Crippen LogP contribution in [-0.4, -0.2) is 26.5 Å². The van der Waals surface area contributed by atoms with E-state index < -0.39 is 0 Å². The van der Waals surface area contributed by atoms with Gasteiger partial charge in [-0.15, -0.1) is 0 Å². The minimum Gasteiger partial charge on any atom is -0.340 e. The Morgan fingerprint density at radius 1 is 1.20 bits per heavy atom. The van der Waals surface area contributed by atoms with E-state index in [1.54, 1.807) is 6.33 Å². The molecule has 0 saturated heterocycles. The van der Waals surface area contributed by atoms with Crippen LogP contribution in [0.3, 0.4) is 0 Å². The van der Waals surface area contributed by atoms with E-state index in [0.29, 0.717) is 5.65 Å². The number of nitrogens with zero attached hydrogens (tertiary/aromatic N) is 4. The first-order valence-electron chi connectivity index (χ1n) is 6.15. The van der Waals surface area contributed by atoms with Gasteiger partial charge in [-0.3, -0.25) is 0 Å². The maximum atomic E-state index is 6.04. The van der Waals surface area contributed by atoms with Crippen LogP contribution in [0.5, 0.6) is 0 Å². The smallest absolute Gasteiger partial charge is 0.226 e. The van der Waals surface area contributed by atoms with Crippen molar-refractivity contribution in [2.45, 2.75) is 6.42 Å². The summed E-state index contributed by atoms with van der Waals surface area (Å²) in [6.07, 6.45) is 2.52. The van der Waals surface area contributed by atoms with Crippen LogP contribution < -0.4 is 4.90 Å². The van der Waals surface area contributed by atoms with Crippen molar-refractivity contribution >= 4 is 45.9 Å². The number of nitrogens with one attached hydrogen (secondary N) is 1. The lowest BCUT2D eigenvalue weighted by molar-refractivity contribution is 0.972. The topological polar surface area (TPSA) is 57.7 Å². The molecule has 1 aliphatic rings. The number of rotatable bonds is 1. The van der Waals surface area contributed by atoms with Crippen molar-refractivity contribution < 1.29 is 0 Å². The van der Waals surface area contributed by atoms with Crippen LogP contribution in [0, 0.1) is 0 Å². The van der Waals surface area contributed by atoms with Crippen LogP contribution >= 0.6 is 23.2 Å². The summed E-state index contributed by atoms with van der Waals surface area (Å²) in [6.45, 7) is 0.830. The van der Waals surface area contributed by atoms with Gasteiger partial charge in [0.25, 0.3) is 0 Å². The zero-order valence-corrected chi connectivity index (χ0v) is 11.8. The number of hydrogen-bond acceptors (Lipinski definition) is 4. The molecule has 0 spiro atoms. The summed E-state index contributed by atoms with van der Waals surface area (Å²) in [4.78, 5) is 17.8. The molecule has 7 heteroatoms. The molecule has 3 heterocycles. The molecule has 4 rings (SSSR count). The van der Waals surface area contributed by atoms with E-state index in [0.717, 1.165) is 35.0 Å². The third-order valence-corrected chi connectivity index (χ3v) is 3.84. The SMILES string of the molecule is Clc1ccc2c(c1)CCN2c1nc(Cl)nc2nc[nH]c12. The molecular formula is C13H9Cl2N5. The highest BCUT2D eigenvalue weighted by molar-refractivity contribution is 6.30. The minimum atomic E-state index is 0.196. The van der Waals surface area contributed by atoms with Crippen LogP contribution in [0.2, 0.25) is 10.3 Å². The van der Waals surface area contributed by atoms with Crippen LogP contribution in [0.15, 0.2) is 24.5 Å². The van der Waals surface area contributed by atoms with Crippen LogP contribution in [0.4, 0.5) is 11.5 Å². The van der Waals surface area contributed by atoms with Gasteiger partial charge in [0.2, 0.25) is 5.28 Å². The third-order valence-electron chi connectivity index (χ3n) is 3.43. The first-order valence-corrected chi connectivity index (χ1v) is 6.90. The molecule has 0 amide bonds. The molecule has 2 aromatic heterocycles. The average Bonchev–Trinajstić information content (AvgIpc) is 3.03. The van der Waals surface area contributed by atoms with E-state index in [9.17, 15) is 0 Å². The molecule has 0 atom stereocenters. The molecule has 3 aromatic rings. The highest BCUT2D eigenvalue weighted by Crippen LogP contribution is 2.37. The van der Waals surface area contributed by atoms with Crippen molar-refractivity contribution in [3.63, 3.8) is 0 Å². The van der Waals surface area contributed by atoms with Crippen molar-refractivity contribution in [2.75, 3.05) is 11.4 Å². The number of aromatic nitrogens is 4. The molecule has 0 unspecified atom stereocenters. The summed E-state index contributed by atoms with van der Waals surface area (Å²) in [7, 11) is 0. The van der Waals surface area contributed by atoms with Gasteiger partial charge < -0.3 is 9.88 Å². The maximum absolute atomic E-state index is 6.04. The normalized spacial score (nSPS) is 14.0. The predicted molar refractivity (Wildman–Crippen MR) is 78.9 cm³/mol. The van der Waals surface area contributed by atoms with Gasteiger partial charge in [0.1, 0.15) is 5.52 Å². The number of fused-ring (bicyclic) bond motifs is 2. The van der Waals surface area contributed by atoms with Gasteiger partial charge in [-0.1, -0.05) is 11.6 Å². The zero-order valence-electron chi connectivity index (χ0n) is 10.3. The molecule has 20 heavy (non-hydrogen) atoms. The van der Waals surface area contributed by atoms with E-state index >= 15 is 0 Å². The number of H-pyrrole nitrogens is 1. The Morgan fingerprint density at radius 2 is 2.10 bits per heavy atom. The zero-order chi connectivity index (χ0) is 13.7. The maximum Gasteiger partial charge on any atom is 0.226 e. The fourth-order valence-electron chi connectivity index (χ4n) is 2.58. The average molecular weight is 306 g/mol. The predicted octanol–water partition coefficient (Wildman–Crippen LogP) is 3.35. The molecule has 1 N–H and O–H groups in total. The Morgan fingerprint density at radius 3 is 3.00 bits per heavy atom. The molecule has 100 valence electrons. The number of anilines is 2. The minimum absolute atomic E-state index is 0.196. The molecular weight excluding hydrogens is 297 g/mol. The standard InChI is InChI=1S/C13H9Cl2N5/c14-8-1-2-9-7(5-8)3-4-20(9)12-10-11(17-6-16-10)18-13(15)19-12/h1-2,5-6H,3-4H2,(H,16,17,18,19). The number of imidazole rings is 1. The molecule has 0 fully saturated rings. The van der Waals surface area contributed by atoms with Gasteiger partial charge in [0.05, 0.1) is 6.33 Å². The van der Waals surface area contributed by atoms with Gasteiger partial charge in [-0.2, -0.15) is 9.97 Å². The third kappa shape index (κ3) is 1.74. The lowest BCUT2D eigenvalue weighted by atomic mass is 10.2. The first kappa shape index (κ1) is 11.9. The highest BCUT2D eigenvalue weighted by atomic mass is 35.5. The van der Waals surface area contributed by atoms with Crippen molar-refractivity contribution in [1.82, 2.24) is 19.9 Å². The number of aromatic amines is 1. The van der Waals surface area contributed by atoms with Crippen molar-refractivity contribution in [2.24, 2.45) is 0 Å². The Hall–Kier alpha value is -1.85. The second-order valence-electron chi connectivity index (χ2n) is 4.59. The summed E-state index contributed by atoms with van der Waals surface area (Å²) in [5.74, 6) is 0.749. The van der Waals surface area contributed by atoms with E-state index in [1.165, 1.54) is 5.56 Å². The number of halogens is 2. The molecule has 0 saturated carbocycles. The molecule has 0 bridgehead atoms. The van der Waals surface area contributed by atoms with Crippen LogP contribution in [-0.2, 0) is 6.42 Å². The first-order chi connectivity index (χ1) is 9.72. The fourth-order valence-corrected chi connectivity index (χ4v) is 2.93. The Balaban J connectivity index is 1.92. The van der Waals surface area contributed by atoms with Crippen molar-refractivity contribution in [1.29, 1.82) is 0 Å². The largest absolute Gasteiger partial charge is 0.340 e. The van der Waals surface area contributed by atoms with E-state index in [2.05, 4.69) is 24.8 Å². The molecule has 0 aliphatic carbocycles. The van der Waals surface area contributed by atoms with E-state index in [1.807, 2.05) is 18.2 Å². The summed E-state index contributed by atoms with van der Waals surface area (Å²) in [5.41, 5.74) is 3.67. The fraction of sp³-hybridized carbons (Fsp3) is 0.154. The lowest BCUT2D eigenvalue weighted by Gasteiger charge is -2.18. The van der Waals surface area contributed by atoms with Gasteiger partial charge in [-0.25, -0.2) is 4.98 Å². The molecule has 1 aromatic carbocycles. The van der Waals surface area contributed by atoms with Crippen LogP contribution in [0.25, 0.3) is 11.2 Å². The Labute approximate surface area is 124 Å². The van der Waals surface area contributed by atoms with Crippen molar-refractivity contribution in [3.05, 3.63) is 40.4 Å². The van der Waals surface area contributed by atoms with Gasteiger partial charge in [0.15, 0.2) is 11.5 Å². The number of benzene rings is 1. The molecule has 0 radical (unpaired) electrons. The summed E-state index contributed by atoms with van der Waals surface area (Å²) in [5, 5.41) is 0.944. The van der Waals surface area contributed by atoms with E-state index in [-0.39, 0.29) is 5.28 Å². The van der Waals surface area contributed by atoms with Gasteiger partial charge in [0, 0.05) is 17.3 Å². The summed E-state index contributed by atoms with van der Waals surface area (Å²) < 4.78 is 0. The Kier molecular flexibility index (Phi) is 2.58. The monoisotopic (exact) mass is 305 g/mol. The van der Waals surface area contributed by atoms with Gasteiger partial charge >= 0.3 is 0 Å². The van der Waals surface area contributed by atoms with E-state index in [4.69, 9.17) is 23.2 Å². The second-order valence-corrected chi connectivity index (χ2v) is 5.37. The Bertz CT molecular complexity index is 814. The second kappa shape index (κ2) is 4.33.